The van der Waals surface area contributed by atoms with Gasteiger partial charge in [-0.1, -0.05) is 0 Å². The Morgan fingerprint density at radius 1 is 1.23 bits per heavy atom. The minimum atomic E-state index is -0.826. The van der Waals surface area contributed by atoms with E-state index in [1.54, 1.807) is 11.8 Å². The van der Waals surface area contributed by atoms with Crippen LogP contribution in [0.5, 0.6) is 0 Å². The zero-order chi connectivity index (χ0) is 10.4. The van der Waals surface area contributed by atoms with E-state index in [9.17, 15) is 5.11 Å². The molecule has 0 spiro atoms. The zero-order valence-corrected chi connectivity index (χ0v) is 9.77. The standard InChI is InChI=1S/C9H18N2OS/c1-8(2)6-9(3,12)11(5)7(13)10(8)4/h12H,6H2,1-5H3. The number of hydrogen-bond donors (Lipinski definition) is 1. The Labute approximate surface area is 85.3 Å². The molecule has 1 fully saturated rings. The minimum Gasteiger partial charge on any atom is -0.371 e. The smallest absolute Gasteiger partial charge is 0.173 e. The van der Waals surface area contributed by atoms with E-state index in [2.05, 4.69) is 13.8 Å². The Morgan fingerprint density at radius 3 is 2.15 bits per heavy atom. The number of hydrogen-bond acceptors (Lipinski definition) is 2. The molecule has 0 aromatic heterocycles. The first-order chi connectivity index (χ1) is 5.68. The van der Waals surface area contributed by atoms with Crippen LogP contribution in [0.3, 0.4) is 0 Å². The van der Waals surface area contributed by atoms with Crippen LogP contribution in [0.2, 0.25) is 0 Å². The van der Waals surface area contributed by atoms with Crippen molar-refractivity contribution < 1.29 is 5.11 Å². The molecule has 1 atom stereocenters. The van der Waals surface area contributed by atoms with Crippen molar-refractivity contribution in [2.24, 2.45) is 0 Å². The predicted octanol–water partition coefficient (Wildman–Crippen LogP) is 1.03. The second-order valence-corrected chi connectivity index (χ2v) is 4.97. The fraction of sp³-hybridized carbons (Fsp3) is 0.889. The van der Waals surface area contributed by atoms with E-state index in [1.807, 2.05) is 19.0 Å². The normalized spacial score (nSPS) is 33.8. The second-order valence-electron chi connectivity index (χ2n) is 4.61. The molecule has 0 saturated carbocycles. The Hall–Kier alpha value is -0.350. The van der Waals surface area contributed by atoms with E-state index in [1.165, 1.54) is 0 Å². The highest BCUT2D eigenvalue weighted by atomic mass is 32.1. The monoisotopic (exact) mass is 202 g/mol. The summed E-state index contributed by atoms with van der Waals surface area (Å²) in [6, 6.07) is 0. The predicted molar refractivity (Wildman–Crippen MR) is 57.4 cm³/mol. The lowest BCUT2D eigenvalue weighted by Crippen LogP contribution is -2.65. The van der Waals surface area contributed by atoms with E-state index in [4.69, 9.17) is 12.2 Å². The van der Waals surface area contributed by atoms with Crippen molar-refractivity contribution >= 4 is 17.3 Å². The molecule has 1 unspecified atom stereocenters. The maximum atomic E-state index is 10.1. The van der Waals surface area contributed by atoms with Crippen molar-refractivity contribution in [3.63, 3.8) is 0 Å². The number of aliphatic hydroxyl groups is 1. The second kappa shape index (κ2) is 2.82. The van der Waals surface area contributed by atoms with Gasteiger partial charge in [0.25, 0.3) is 0 Å². The molecule has 76 valence electrons. The lowest BCUT2D eigenvalue weighted by molar-refractivity contribution is -0.100. The summed E-state index contributed by atoms with van der Waals surface area (Å²) < 4.78 is 0. The van der Waals surface area contributed by atoms with Crippen LogP contribution in [0.25, 0.3) is 0 Å². The van der Waals surface area contributed by atoms with Gasteiger partial charge in [0.05, 0.1) is 0 Å². The average Bonchev–Trinajstić information content (AvgIpc) is 1.96. The van der Waals surface area contributed by atoms with Gasteiger partial charge in [0.2, 0.25) is 0 Å². The number of rotatable bonds is 0. The summed E-state index contributed by atoms with van der Waals surface area (Å²) in [6.07, 6.45) is 0.688. The highest BCUT2D eigenvalue weighted by Crippen LogP contribution is 2.33. The van der Waals surface area contributed by atoms with Gasteiger partial charge in [-0.05, 0) is 33.0 Å². The SMILES string of the molecule is CN1C(=S)N(C)C(C)(O)CC1(C)C. The summed E-state index contributed by atoms with van der Waals surface area (Å²) in [5.74, 6) is 0. The number of thiocarbonyl (C=S) groups is 1. The highest BCUT2D eigenvalue weighted by Gasteiger charge is 2.44. The summed E-state index contributed by atoms with van der Waals surface area (Å²) in [7, 11) is 3.79. The molecule has 1 aliphatic heterocycles. The molecule has 0 amide bonds. The van der Waals surface area contributed by atoms with Gasteiger partial charge in [0, 0.05) is 26.1 Å². The molecule has 0 bridgehead atoms. The third kappa shape index (κ3) is 1.65. The molecule has 1 heterocycles. The maximum Gasteiger partial charge on any atom is 0.173 e. The summed E-state index contributed by atoms with van der Waals surface area (Å²) in [5, 5.41) is 10.8. The molecule has 0 aromatic rings. The summed E-state index contributed by atoms with van der Waals surface area (Å²) in [4.78, 5) is 3.77. The third-order valence-corrected chi connectivity index (χ3v) is 3.52. The fourth-order valence-electron chi connectivity index (χ4n) is 1.75. The summed E-state index contributed by atoms with van der Waals surface area (Å²) in [5.41, 5.74) is -0.903. The topological polar surface area (TPSA) is 26.7 Å². The van der Waals surface area contributed by atoms with Crippen LogP contribution in [-0.2, 0) is 0 Å². The van der Waals surface area contributed by atoms with Gasteiger partial charge >= 0.3 is 0 Å². The number of nitrogens with zero attached hydrogens (tertiary/aromatic N) is 2. The molecule has 0 aromatic carbocycles. The Morgan fingerprint density at radius 2 is 1.69 bits per heavy atom. The molecule has 0 radical (unpaired) electrons. The Bertz CT molecular complexity index is 216. The largest absolute Gasteiger partial charge is 0.371 e. The molecule has 0 aliphatic carbocycles. The summed E-state index contributed by atoms with van der Waals surface area (Å²) in [6.45, 7) is 5.97. The Kier molecular flexibility index (Phi) is 2.33. The van der Waals surface area contributed by atoms with Crippen molar-refractivity contribution in [3.8, 4) is 0 Å². The molecule has 13 heavy (non-hydrogen) atoms. The molecule has 1 N–H and O–H groups in total. The third-order valence-electron chi connectivity index (χ3n) is 2.97. The van der Waals surface area contributed by atoms with E-state index < -0.39 is 5.72 Å². The van der Waals surface area contributed by atoms with Gasteiger partial charge in [-0.15, -0.1) is 0 Å². The lowest BCUT2D eigenvalue weighted by atomic mass is 9.89. The molecule has 1 saturated heterocycles. The van der Waals surface area contributed by atoms with E-state index >= 15 is 0 Å². The van der Waals surface area contributed by atoms with Gasteiger partial charge in [0.15, 0.2) is 5.11 Å². The van der Waals surface area contributed by atoms with Gasteiger partial charge in [0.1, 0.15) is 5.72 Å². The van der Waals surface area contributed by atoms with Gasteiger partial charge < -0.3 is 14.9 Å². The van der Waals surface area contributed by atoms with Gasteiger partial charge in [-0.2, -0.15) is 0 Å². The van der Waals surface area contributed by atoms with Crippen molar-refractivity contribution in [1.29, 1.82) is 0 Å². The minimum absolute atomic E-state index is 0.0763. The van der Waals surface area contributed by atoms with Crippen LogP contribution < -0.4 is 0 Å². The van der Waals surface area contributed by atoms with E-state index in [0.29, 0.717) is 11.5 Å². The van der Waals surface area contributed by atoms with Crippen molar-refractivity contribution in [1.82, 2.24) is 9.80 Å². The molecular formula is C9H18N2OS. The lowest BCUT2D eigenvalue weighted by Gasteiger charge is -2.53. The molecule has 3 nitrogen and oxygen atoms in total. The van der Waals surface area contributed by atoms with Crippen molar-refractivity contribution in [2.75, 3.05) is 14.1 Å². The van der Waals surface area contributed by atoms with Crippen LogP contribution in [0.15, 0.2) is 0 Å². The van der Waals surface area contributed by atoms with Crippen LogP contribution in [0, 0.1) is 0 Å². The fourth-order valence-corrected chi connectivity index (χ4v) is 2.19. The molecular weight excluding hydrogens is 184 g/mol. The first-order valence-corrected chi connectivity index (χ1v) is 4.83. The van der Waals surface area contributed by atoms with Crippen LogP contribution in [0.1, 0.15) is 27.2 Å². The van der Waals surface area contributed by atoms with Crippen molar-refractivity contribution in [2.45, 2.75) is 38.5 Å². The van der Waals surface area contributed by atoms with Crippen LogP contribution >= 0.6 is 12.2 Å². The first kappa shape index (κ1) is 10.7. The van der Waals surface area contributed by atoms with Crippen LogP contribution in [-0.4, -0.2) is 45.4 Å². The average molecular weight is 202 g/mol. The van der Waals surface area contributed by atoms with Crippen molar-refractivity contribution in [3.05, 3.63) is 0 Å². The van der Waals surface area contributed by atoms with E-state index in [0.717, 1.165) is 0 Å². The quantitative estimate of drug-likeness (QED) is 0.593. The maximum absolute atomic E-state index is 10.1. The Balaban J connectivity index is 3.00. The zero-order valence-electron chi connectivity index (χ0n) is 8.96. The van der Waals surface area contributed by atoms with Crippen LogP contribution in [0.4, 0.5) is 0 Å². The molecule has 4 heteroatoms. The summed E-state index contributed by atoms with van der Waals surface area (Å²) >= 11 is 5.24. The highest BCUT2D eigenvalue weighted by molar-refractivity contribution is 7.80. The molecule has 1 aliphatic rings. The first-order valence-electron chi connectivity index (χ1n) is 4.42. The van der Waals surface area contributed by atoms with Gasteiger partial charge in [-0.25, -0.2) is 0 Å². The molecule has 1 rings (SSSR count). The van der Waals surface area contributed by atoms with E-state index in [-0.39, 0.29) is 5.54 Å². The van der Waals surface area contributed by atoms with Gasteiger partial charge in [-0.3, -0.25) is 0 Å².